The van der Waals surface area contributed by atoms with E-state index >= 15 is 0 Å². The fourth-order valence-corrected chi connectivity index (χ4v) is 5.23. The molecule has 3 aromatic rings. The quantitative estimate of drug-likeness (QED) is 0.254. The Balaban J connectivity index is 1.68. The molecule has 0 atom stereocenters. The highest BCUT2D eigenvalue weighted by Crippen LogP contribution is 2.42. The summed E-state index contributed by atoms with van der Waals surface area (Å²) in [6.07, 6.45) is 1.73. The third-order valence-electron chi connectivity index (χ3n) is 5.26. The summed E-state index contributed by atoms with van der Waals surface area (Å²) in [4.78, 5) is 17.7. The largest absolute Gasteiger partial charge is 0.506 e. The number of hydrogen-bond acceptors (Lipinski definition) is 7. The molecule has 0 aliphatic carbocycles. The number of ether oxygens (including phenoxy) is 3. The highest BCUT2D eigenvalue weighted by atomic mass is 79.9. The van der Waals surface area contributed by atoms with Gasteiger partial charge in [-0.1, -0.05) is 42.1 Å². The van der Waals surface area contributed by atoms with Crippen LogP contribution in [0.25, 0.3) is 6.08 Å². The molecule has 9 heteroatoms. The minimum absolute atomic E-state index is 0.0195. The van der Waals surface area contributed by atoms with E-state index in [9.17, 15) is 14.3 Å². The van der Waals surface area contributed by atoms with Crippen molar-refractivity contribution in [2.75, 3.05) is 13.2 Å². The summed E-state index contributed by atoms with van der Waals surface area (Å²) in [5.41, 5.74) is 2.04. The summed E-state index contributed by atoms with van der Waals surface area (Å²) in [5, 5.41) is 11.3. The second kappa shape index (κ2) is 12.8. The van der Waals surface area contributed by atoms with Gasteiger partial charge < -0.3 is 19.3 Å². The number of hydrogen-bond donors (Lipinski definition) is 1. The molecule has 6 nitrogen and oxygen atoms in total. The van der Waals surface area contributed by atoms with Crippen molar-refractivity contribution in [3.8, 4) is 11.5 Å². The van der Waals surface area contributed by atoms with E-state index in [1.807, 2.05) is 37.3 Å². The molecule has 38 heavy (non-hydrogen) atoms. The summed E-state index contributed by atoms with van der Waals surface area (Å²) in [6, 6.07) is 18.9. The van der Waals surface area contributed by atoms with Crippen molar-refractivity contribution in [1.29, 1.82) is 0 Å². The number of aliphatic hydroxyl groups excluding tert-OH is 1. The van der Waals surface area contributed by atoms with Crippen LogP contribution in [0.15, 0.2) is 92.4 Å². The molecule has 1 aliphatic heterocycles. The Morgan fingerprint density at radius 2 is 1.84 bits per heavy atom. The SMILES string of the molecule is CCOC(=O)C1=C(O)/C(=C/c2cc(Br)c(OCc3cccc(F)c3)c(OCC)c2)SC1=Nc1ccccc1. The van der Waals surface area contributed by atoms with Crippen molar-refractivity contribution in [2.45, 2.75) is 20.5 Å². The van der Waals surface area contributed by atoms with E-state index in [0.29, 0.717) is 49.3 Å². The molecule has 1 aliphatic rings. The summed E-state index contributed by atoms with van der Waals surface area (Å²) in [5.74, 6) is -0.246. The van der Waals surface area contributed by atoms with E-state index in [-0.39, 0.29) is 30.4 Å². The van der Waals surface area contributed by atoms with Gasteiger partial charge in [0.25, 0.3) is 0 Å². The van der Waals surface area contributed by atoms with Crippen LogP contribution >= 0.6 is 27.7 Å². The molecule has 0 fully saturated rings. The van der Waals surface area contributed by atoms with E-state index in [0.717, 1.165) is 0 Å². The predicted molar refractivity (Wildman–Crippen MR) is 151 cm³/mol. The number of para-hydroxylation sites is 1. The lowest BCUT2D eigenvalue weighted by Crippen LogP contribution is -2.12. The number of halogens is 2. The Morgan fingerprint density at radius 3 is 2.55 bits per heavy atom. The first-order valence-electron chi connectivity index (χ1n) is 11.9. The molecule has 0 unspecified atom stereocenters. The van der Waals surface area contributed by atoms with Gasteiger partial charge in [0, 0.05) is 0 Å². The molecule has 0 amide bonds. The summed E-state index contributed by atoms with van der Waals surface area (Å²) in [6.45, 7) is 4.27. The third kappa shape index (κ3) is 6.65. The molecule has 0 aromatic heterocycles. The lowest BCUT2D eigenvalue weighted by molar-refractivity contribution is -0.138. The summed E-state index contributed by atoms with van der Waals surface area (Å²) < 4.78 is 31.1. The maximum Gasteiger partial charge on any atom is 0.344 e. The minimum Gasteiger partial charge on any atom is -0.506 e. The zero-order chi connectivity index (χ0) is 27.1. The van der Waals surface area contributed by atoms with Gasteiger partial charge in [0.1, 0.15) is 28.8 Å². The van der Waals surface area contributed by atoms with E-state index in [2.05, 4.69) is 20.9 Å². The maximum atomic E-state index is 13.6. The normalized spacial score (nSPS) is 15.3. The standard InChI is InChI=1S/C29H25BrFNO5S/c1-3-35-23-15-19(14-22(30)27(23)37-17-18-9-8-10-20(31)13-18)16-24-26(33)25(29(34)36-4-2)28(38-24)32-21-11-6-5-7-12-21/h5-16,33H,3-4,17H2,1-2H3/b24-16-,32-28?. The van der Waals surface area contributed by atoms with Crippen LogP contribution in [0, 0.1) is 5.82 Å². The van der Waals surface area contributed by atoms with Gasteiger partial charge in [0.05, 0.1) is 28.3 Å². The van der Waals surface area contributed by atoms with Gasteiger partial charge in [-0.25, -0.2) is 14.2 Å². The van der Waals surface area contributed by atoms with E-state index < -0.39 is 5.97 Å². The highest BCUT2D eigenvalue weighted by molar-refractivity contribution is 9.10. The van der Waals surface area contributed by atoms with Crippen LogP contribution in [0.4, 0.5) is 10.1 Å². The average molecular weight is 598 g/mol. The minimum atomic E-state index is -0.645. The zero-order valence-corrected chi connectivity index (χ0v) is 23.1. The monoisotopic (exact) mass is 597 g/mol. The number of benzene rings is 3. The lowest BCUT2D eigenvalue weighted by atomic mass is 10.1. The molecule has 0 bridgehead atoms. The summed E-state index contributed by atoms with van der Waals surface area (Å²) in [7, 11) is 0. The number of esters is 1. The van der Waals surface area contributed by atoms with Crippen molar-refractivity contribution in [3.05, 3.63) is 104 Å². The molecule has 1 heterocycles. The molecule has 4 rings (SSSR count). The van der Waals surface area contributed by atoms with Crippen LogP contribution in [0.1, 0.15) is 25.0 Å². The van der Waals surface area contributed by atoms with Crippen LogP contribution in [-0.4, -0.2) is 29.3 Å². The second-order valence-electron chi connectivity index (χ2n) is 7.99. The summed E-state index contributed by atoms with van der Waals surface area (Å²) >= 11 is 4.72. The molecule has 0 saturated carbocycles. The van der Waals surface area contributed by atoms with Gasteiger partial charge in [-0.2, -0.15) is 0 Å². The first-order chi connectivity index (χ1) is 18.4. The number of thioether (sulfide) groups is 1. The average Bonchev–Trinajstić information content (AvgIpc) is 3.18. The highest BCUT2D eigenvalue weighted by Gasteiger charge is 2.33. The van der Waals surface area contributed by atoms with Crippen LogP contribution < -0.4 is 9.47 Å². The Kier molecular flexibility index (Phi) is 9.25. The van der Waals surface area contributed by atoms with Gasteiger partial charge in [0.2, 0.25) is 0 Å². The topological polar surface area (TPSA) is 77.4 Å². The Labute approximate surface area is 233 Å². The van der Waals surface area contributed by atoms with Gasteiger partial charge in [-0.05, 0) is 83.4 Å². The van der Waals surface area contributed by atoms with E-state index in [1.54, 1.807) is 37.3 Å². The van der Waals surface area contributed by atoms with Crippen molar-refractivity contribution in [1.82, 2.24) is 0 Å². The van der Waals surface area contributed by atoms with Crippen LogP contribution in [0.2, 0.25) is 0 Å². The Bertz CT molecular complexity index is 1420. The third-order valence-corrected chi connectivity index (χ3v) is 6.87. The van der Waals surface area contributed by atoms with Gasteiger partial charge in [-0.3, -0.25) is 0 Å². The first kappa shape index (κ1) is 27.5. The number of nitrogens with zero attached hydrogens (tertiary/aromatic N) is 1. The number of rotatable bonds is 9. The molecular weight excluding hydrogens is 573 g/mol. The number of carbonyl (C=O) groups is 1. The molecule has 3 aromatic carbocycles. The van der Waals surface area contributed by atoms with Crippen molar-refractivity contribution < 1.29 is 28.5 Å². The maximum absolute atomic E-state index is 13.6. The number of carbonyl (C=O) groups excluding carboxylic acids is 1. The Morgan fingerprint density at radius 1 is 1.05 bits per heavy atom. The van der Waals surface area contributed by atoms with Crippen molar-refractivity contribution in [3.63, 3.8) is 0 Å². The smallest absolute Gasteiger partial charge is 0.344 e. The first-order valence-corrected chi connectivity index (χ1v) is 13.5. The van der Waals surface area contributed by atoms with Gasteiger partial charge in [0.15, 0.2) is 11.5 Å². The predicted octanol–water partition coefficient (Wildman–Crippen LogP) is 7.76. The number of aliphatic imine (C=N–C) groups is 1. The fraction of sp³-hybridized carbons (Fsp3) is 0.172. The molecule has 1 N–H and O–H groups in total. The molecular formula is C29H25BrFNO5S. The zero-order valence-electron chi connectivity index (χ0n) is 20.7. The number of aliphatic hydroxyl groups is 1. The van der Waals surface area contributed by atoms with Crippen LogP contribution in [0.5, 0.6) is 11.5 Å². The molecule has 0 saturated heterocycles. The van der Waals surface area contributed by atoms with Gasteiger partial charge >= 0.3 is 5.97 Å². The van der Waals surface area contributed by atoms with E-state index in [1.165, 1.54) is 23.9 Å². The fourth-order valence-electron chi connectivity index (χ4n) is 3.62. The van der Waals surface area contributed by atoms with Crippen molar-refractivity contribution >= 4 is 50.5 Å². The van der Waals surface area contributed by atoms with Crippen molar-refractivity contribution in [2.24, 2.45) is 4.99 Å². The van der Waals surface area contributed by atoms with Crippen LogP contribution in [-0.2, 0) is 16.1 Å². The van der Waals surface area contributed by atoms with E-state index in [4.69, 9.17) is 14.2 Å². The molecule has 0 radical (unpaired) electrons. The second-order valence-corrected chi connectivity index (χ2v) is 9.87. The lowest BCUT2D eigenvalue weighted by Gasteiger charge is -2.15. The molecule has 196 valence electrons. The van der Waals surface area contributed by atoms with Gasteiger partial charge in [-0.15, -0.1) is 0 Å². The van der Waals surface area contributed by atoms with Crippen LogP contribution in [0.3, 0.4) is 0 Å². The molecule has 0 spiro atoms. The Hall–Kier alpha value is -3.56.